The molecular weight excluding hydrogens is 809 g/mol. The lowest BCUT2D eigenvalue weighted by molar-refractivity contribution is -0.384. The van der Waals surface area contributed by atoms with Crippen LogP contribution >= 0.6 is 0 Å². The van der Waals surface area contributed by atoms with E-state index in [1.54, 1.807) is 12.1 Å². The number of hydrogen-bond acceptors (Lipinski definition) is 2. The van der Waals surface area contributed by atoms with Crippen molar-refractivity contribution in [3.05, 3.63) is 247 Å². The number of nitro groups is 1. The molecule has 0 unspecified atom stereocenters. The fraction of sp³-hybridized carbons (Fsp3) is 0. The van der Waals surface area contributed by atoms with Crippen molar-refractivity contribution >= 4 is 71.1 Å². The van der Waals surface area contributed by atoms with Crippen LogP contribution in [0.3, 0.4) is 0 Å². The first-order valence-corrected chi connectivity index (χ1v) is 22.1. The molecular formula is C60H40N4O2. The number of hydrogen-bond donors (Lipinski definition) is 1. The van der Waals surface area contributed by atoms with Crippen LogP contribution in [0.15, 0.2) is 237 Å². The Morgan fingerprint density at radius 3 is 1.41 bits per heavy atom. The van der Waals surface area contributed by atoms with Crippen molar-refractivity contribution < 1.29 is 4.92 Å². The minimum Gasteiger partial charge on any atom is -0.354 e. The predicted octanol–water partition coefficient (Wildman–Crippen LogP) is 16.1. The lowest BCUT2D eigenvalue weighted by Crippen LogP contribution is -1.97. The SMILES string of the molecule is O=[N+]([O-])c1ccccc1-c1cccc2c3ccccc3n(-c3ccc(-c4ccccc4)cc3)c12.c1ccc(-c2ccc(-n3c4ccccc4c4ccc5[nH]c6ccccc6c5c43)cc2)cc1. The third kappa shape index (κ3) is 6.42. The van der Waals surface area contributed by atoms with E-state index in [0.717, 1.165) is 44.2 Å². The smallest absolute Gasteiger partial charge is 0.277 e. The lowest BCUT2D eigenvalue weighted by Gasteiger charge is -2.12. The summed E-state index contributed by atoms with van der Waals surface area (Å²) in [6, 6.07) is 81.2. The van der Waals surface area contributed by atoms with Crippen molar-refractivity contribution in [1.29, 1.82) is 0 Å². The molecule has 13 rings (SSSR count). The number of fused-ring (bicyclic) bond motifs is 10. The molecule has 1 N–H and O–H groups in total. The van der Waals surface area contributed by atoms with Gasteiger partial charge in [0.15, 0.2) is 0 Å². The van der Waals surface area contributed by atoms with Gasteiger partial charge < -0.3 is 14.1 Å². The molecule has 0 fully saturated rings. The van der Waals surface area contributed by atoms with Crippen LogP contribution in [0, 0.1) is 10.1 Å². The van der Waals surface area contributed by atoms with Gasteiger partial charge >= 0.3 is 0 Å². The van der Waals surface area contributed by atoms with E-state index in [1.807, 2.05) is 54.6 Å². The number of nitrogens with zero attached hydrogens (tertiary/aromatic N) is 3. The third-order valence-corrected chi connectivity index (χ3v) is 12.9. The van der Waals surface area contributed by atoms with E-state index in [-0.39, 0.29) is 10.6 Å². The Morgan fingerprint density at radius 1 is 0.348 bits per heavy atom. The molecule has 0 saturated carbocycles. The molecule has 0 radical (unpaired) electrons. The average Bonchev–Trinajstić information content (AvgIpc) is 4.05. The average molecular weight is 849 g/mol. The molecule has 66 heavy (non-hydrogen) atoms. The minimum absolute atomic E-state index is 0.103. The maximum Gasteiger partial charge on any atom is 0.277 e. The Balaban J connectivity index is 0.000000138. The van der Waals surface area contributed by atoms with E-state index in [4.69, 9.17) is 0 Å². The topological polar surface area (TPSA) is 68.8 Å². The molecule has 0 aliphatic rings. The highest BCUT2D eigenvalue weighted by molar-refractivity contribution is 6.25. The molecule has 13 aromatic rings. The second-order valence-corrected chi connectivity index (χ2v) is 16.6. The third-order valence-electron chi connectivity index (χ3n) is 12.9. The van der Waals surface area contributed by atoms with Gasteiger partial charge in [0.2, 0.25) is 0 Å². The summed E-state index contributed by atoms with van der Waals surface area (Å²) in [5.41, 5.74) is 15.4. The van der Waals surface area contributed by atoms with E-state index in [1.165, 1.54) is 60.4 Å². The Hall–Kier alpha value is -9.00. The second kappa shape index (κ2) is 16.0. The molecule has 0 amide bonds. The zero-order chi connectivity index (χ0) is 44.1. The first-order valence-electron chi connectivity index (χ1n) is 22.1. The van der Waals surface area contributed by atoms with Crippen molar-refractivity contribution in [2.75, 3.05) is 0 Å². The number of rotatable bonds is 6. The summed E-state index contributed by atoms with van der Waals surface area (Å²) in [7, 11) is 0. The molecule has 0 aliphatic heterocycles. The fourth-order valence-electron chi connectivity index (χ4n) is 9.89. The van der Waals surface area contributed by atoms with Gasteiger partial charge in [-0.2, -0.15) is 0 Å². The van der Waals surface area contributed by atoms with Crippen LogP contribution in [0.1, 0.15) is 0 Å². The van der Waals surface area contributed by atoms with Crippen LogP contribution in [0.25, 0.3) is 110 Å². The molecule has 0 aliphatic carbocycles. The summed E-state index contributed by atoms with van der Waals surface area (Å²) < 4.78 is 4.63. The van der Waals surface area contributed by atoms with Gasteiger partial charge in [0, 0.05) is 66.4 Å². The van der Waals surface area contributed by atoms with Crippen LogP contribution in [0.4, 0.5) is 5.69 Å². The van der Waals surface area contributed by atoms with Gasteiger partial charge in [-0.1, -0.05) is 176 Å². The Labute approximate surface area is 380 Å². The number of H-pyrrole nitrogens is 1. The quantitative estimate of drug-likeness (QED) is 0.134. The highest BCUT2D eigenvalue weighted by Crippen LogP contribution is 2.42. The molecule has 10 aromatic carbocycles. The molecule has 6 heteroatoms. The van der Waals surface area contributed by atoms with Crippen LogP contribution in [-0.2, 0) is 0 Å². The first-order chi connectivity index (χ1) is 32.6. The van der Waals surface area contributed by atoms with Crippen LogP contribution in [-0.4, -0.2) is 19.0 Å². The van der Waals surface area contributed by atoms with Gasteiger partial charge in [-0.25, -0.2) is 0 Å². The number of nitrogens with one attached hydrogen (secondary N) is 1. The summed E-state index contributed by atoms with van der Waals surface area (Å²) in [6.45, 7) is 0. The molecule has 0 bridgehead atoms. The largest absolute Gasteiger partial charge is 0.354 e. The zero-order valence-corrected chi connectivity index (χ0v) is 35.7. The molecule has 0 saturated heterocycles. The number of para-hydroxylation sites is 5. The highest BCUT2D eigenvalue weighted by atomic mass is 16.6. The van der Waals surface area contributed by atoms with Gasteiger partial charge in [-0.15, -0.1) is 0 Å². The maximum absolute atomic E-state index is 11.8. The molecule has 3 heterocycles. The molecule has 0 atom stereocenters. The number of nitro benzene ring substituents is 1. The van der Waals surface area contributed by atoms with Gasteiger partial charge in [-0.3, -0.25) is 10.1 Å². The monoisotopic (exact) mass is 848 g/mol. The van der Waals surface area contributed by atoms with Crippen molar-refractivity contribution in [2.45, 2.75) is 0 Å². The van der Waals surface area contributed by atoms with E-state index in [9.17, 15) is 10.1 Å². The van der Waals surface area contributed by atoms with Crippen LogP contribution in [0.5, 0.6) is 0 Å². The Kier molecular flexibility index (Phi) is 9.35. The van der Waals surface area contributed by atoms with Crippen molar-refractivity contribution in [1.82, 2.24) is 14.1 Å². The van der Waals surface area contributed by atoms with Gasteiger partial charge in [0.25, 0.3) is 5.69 Å². The van der Waals surface area contributed by atoms with Gasteiger partial charge in [0.1, 0.15) is 0 Å². The lowest BCUT2D eigenvalue weighted by atomic mass is 10.0. The zero-order valence-electron chi connectivity index (χ0n) is 35.7. The molecule has 6 nitrogen and oxygen atoms in total. The van der Waals surface area contributed by atoms with Gasteiger partial charge in [-0.05, 0) is 76.9 Å². The normalized spacial score (nSPS) is 11.5. The van der Waals surface area contributed by atoms with E-state index >= 15 is 0 Å². The first kappa shape index (κ1) is 38.7. The van der Waals surface area contributed by atoms with Crippen LogP contribution in [0.2, 0.25) is 0 Å². The summed E-state index contributed by atoms with van der Waals surface area (Å²) in [4.78, 5) is 15.1. The predicted molar refractivity (Wildman–Crippen MR) is 274 cm³/mol. The molecule has 0 spiro atoms. The van der Waals surface area contributed by atoms with E-state index in [2.05, 4.69) is 184 Å². The number of benzene rings is 10. The Bertz CT molecular complexity index is 3940. The van der Waals surface area contributed by atoms with E-state index < -0.39 is 0 Å². The summed E-state index contributed by atoms with van der Waals surface area (Å²) in [5.74, 6) is 0. The second-order valence-electron chi connectivity index (χ2n) is 16.6. The van der Waals surface area contributed by atoms with Crippen LogP contribution < -0.4 is 0 Å². The van der Waals surface area contributed by atoms with Crippen molar-refractivity contribution in [3.8, 4) is 44.8 Å². The Morgan fingerprint density at radius 2 is 0.803 bits per heavy atom. The minimum atomic E-state index is -0.310. The number of aromatic nitrogens is 3. The summed E-state index contributed by atoms with van der Waals surface area (Å²) in [5, 5.41) is 19.1. The molecule has 312 valence electrons. The standard InChI is InChI=1S/C30H20N2O2.C30H20N2/c33-32(34)29-16-7-5-12-25(29)27-14-8-13-26-24-11-4-6-15-28(24)31(30(26)27)23-19-17-22(18-20-23)21-9-2-1-3-10-21;1-2-8-20(9-3-1)21-14-16-22(17-15-21)32-28-13-7-5-10-23(28)24-18-19-27-29(30(24)32)25-11-4-6-12-26(25)31-27/h1-20H;1-19,31H. The molecule has 3 aromatic heterocycles. The summed E-state index contributed by atoms with van der Waals surface area (Å²) in [6.07, 6.45) is 0. The highest BCUT2D eigenvalue weighted by Gasteiger charge is 2.22. The van der Waals surface area contributed by atoms with Gasteiger partial charge in [0.05, 0.1) is 32.6 Å². The van der Waals surface area contributed by atoms with Crippen molar-refractivity contribution in [3.63, 3.8) is 0 Å². The summed E-state index contributed by atoms with van der Waals surface area (Å²) >= 11 is 0. The van der Waals surface area contributed by atoms with Crippen molar-refractivity contribution in [2.24, 2.45) is 0 Å². The maximum atomic E-state index is 11.8. The number of aromatic amines is 1. The van der Waals surface area contributed by atoms with E-state index in [0.29, 0.717) is 5.56 Å². The fourth-order valence-corrected chi connectivity index (χ4v) is 9.89.